The van der Waals surface area contributed by atoms with Gasteiger partial charge in [-0.25, -0.2) is 4.98 Å². The van der Waals surface area contributed by atoms with E-state index in [-0.39, 0.29) is 0 Å². The first-order valence-corrected chi connectivity index (χ1v) is 14.3. The number of nitrogens with zero attached hydrogens (tertiary/aromatic N) is 3. The van der Waals surface area contributed by atoms with E-state index in [1.54, 1.807) is 6.20 Å². The first-order valence-electron chi connectivity index (χ1n) is 14.3. The second kappa shape index (κ2) is 9.29. The highest BCUT2D eigenvalue weighted by atomic mass is 16.5. The van der Waals surface area contributed by atoms with Gasteiger partial charge in [0, 0.05) is 17.1 Å². The zero-order valence-electron chi connectivity index (χ0n) is 22.9. The molecule has 0 fully saturated rings. The van der Waals surface area contributed by atoms with Gasteiger partial charge in [0.25, 0.3) is 0 Å². The van der Waals surface area contributed by atoms with E-state index in [9.17, 15) is 0 Å². The highest BCUT2D eigenvalue weighted by Gasteiger charge is 2.27. The van der Waals surface area contributed by atoms with Gasteiger partial charge >= 0.3 is 0 Å². The van der Waals surface area contributed by atoms with Crippen LogP contribution in [0.25, 0.3) is 55.4 Å². The smallest absolute Gasteiger partial charge is 0.229 e. The third-order valence-electron chi connectivity index (χ3n) is 8.18. The number of hydrogen-bond donors (Lipinski definition) is 0. The number of pyridine rings is 1. The van der Waals surface area contributed by atoms with Gasteiger partial charge in [0.05, 0.1) is 17.1 Å². The molecule has 5 heteroatoms. The number of aromatic nitrogens is 2. The number of benzene rings is 6. The van der Waals surface area contributed by atoms with E-state index in [1.807, 2.05) is 36.4 Å². The van der Waals surface area contributed by atoms with Crippen molar-refractivity contribution >= 4 is 49.8 Å². The fourth-order valence-electron chi connectivity index (χ4n) is 6.28. The lowest BCUT2D eigenvalue weighted by Gasteiger charge is -2.33. The second-order valence-electron chi connectivity index (χ2n) is 10.6. The Bertz CT molecular complexity index is 2280. The van der Waals surface area contributed by atoms with Crippen molar-refractivity contribution in [3.05, 3.63) is 140 Å². The summed E-state index contributed by atoms with van der Waals surface area (Å²) in [4.78, 5) is 11.4. The zero-order chi connectivity index (χ0) is 28.3. The lowest BCUT2D eigenvalue weighted by Crippen LogP contribution is -2.16. The minimum atomic E-state index is 0.571. The molecule has 0 atom stereocenters. The minimum Gasteiger partial charge on any atom is -0.453 e. The maximum absolute atomic E-state index is 6.29. The second-order valence-corrected chi connectivity index (χ2v) is 10.6. The van der Waals surface area contributed by atoms with Crippen molar-refractivity contribution < 1.29 is 9.15 Å². The predicted octanol–water partition coefficient (Wildman–Crippen LogP) is 10.4. The molecule has 1 aliphatic heterocycles. The highest BCUT2D eigenvalue weighted by Crippen LogP contribution is 2.52. The maximum atomic E-state index is 6.29. The Kier molecular flexibility index (Phi) is 5.13. The molecule has 5 nitrogen and oxygen atoms in total. The van der Waals surface area contributed by atoms with Crippen molar-refractivity contribution in [1.82, 2.24) is 9.97 Å². The fourth-order valence-corrected chi connectivity index (χ4v) is 6.28. The summed E-state index contributed by atoms with van der Waals surface area (Å²) in [6, 6.07) is 46.0. The molecule has 9 rings (SSSR count). The molecule has 3 heterocycles. The van der Waals surface area contributed by atoms with Gasteiger partial charge in [0.2, 0.25) is 5.89 Å². The largest absolute Gasteiger partial charge is 0.453 e. The van der Waals surface area contributed by atoms with Crippen molar-refractivity contribution in [1.29, 1.82) is 0 Å². The molecule has 8 aromatic rings. The van der Waals surface area contributed by atoms with Crippen LogP contribution in [0, 0.1) is 0 Å². The van der Waals surface area contributed by atoms with E-state index in [0.29, 0.717) is 17.1 Å². The van der Waals surface area contributed by atoms with Crippen LogP contribution >= 0.6 is 0 Å². The molecule has 202 valence electrons. The molecule has 0 unspecified atom stereocenters. The fraction of sp³-hybridized carbons (Fsp3) is 0. The summed E-state index contributed by atoms with van der Waals surface area (Å²) in [7, 11) is 0. The number of ether oxygens (including phenoxy) is 1. The van der Waals surface area contributed by atoms with Crippen molar-refractivity contribution in [2.75, 3.05) is 4.90 Å². The molecular weight excluding hydrogens is 530 g/mol. The van der Waals surface area contributed by atoms with E-state index >= 15 is 0 Å². The average Bonchev–Trinajstić information content (AvgIpc) is 3.51. The molecule has 2 aromatic heterocycles. The van der Waals surface area contributed by atoms with Gasteiger partial charge in [-0.3, -0.25) is 0 Å². The van der Waals surface area contributed by atoms with Gasteiger partial charge in [-0.2, -0.15) is 4.98 Å². The Hall–Kier alpha value is -5.94. The van der Waals surface area contributed by atoms with Crippen LogP contribution in [-0.2, 0) is 0 Å². The maximum Gasteiger partial charge on any atom is 0.229 e. The molecule has 0 aliphatic carbocycles. The quantitative estimate of drug-likeness (QED) is 0.218. The van der Waals surface area contributed by atoms with E-state index in [1.165, 1.54) is 5.39 Å². The van der Waals surface area contributed by atoms with E-state index in [2.05, 4.69) is 107 Å². The normalized spacial score (nSPS) is 12.3. The number of oxazole rings is 1. The van der Waals surface area contributed by atoms with Gasteiger partial charge < -0.3 is 14.1 Å². The molecule has 0 amide bonds. The Morgan fingerprint density at radius 1 is 0.465 bits per heavy atom. The molecule has 1 aliphatic rings. The van der Waals surface area contributed by atoms with E-state index in [0.717, 1.165) is 61.4 Å². The summed E-state index contributed by atoms with van der Waals surface area (Å²) in [6.07, 6.45) is 1.73. The molecule has 0 N–H and O–H groups in total. The predicted molar refractivity (Wildman–Crippen MR) is 172 cm³/mol. The molecule has 0 saturated heterocycles. The van der Waals surface area contributed by atoms with Crippen LogP contribution in [0.3, 0.4) is 0 Å². The van der Waals surface area contributed by atoms with Crippen molar-refractivity contribution in [3.8, 4) is 34.1 Å². The molecule has 0 radical (unpaired) electrons. The standard InChI is InChI=1S/C38H23N3O2/c1-2-12-26-24(10-1)27(19-20-30(26)38-40-37-36(43-38)18-9-23-39-37)28-21-22-31(29-13-4-3-11-25(28)29)41-32-14-5-7-16-34(32)42-35-17-8-6-15-33(35)41/h1-23H. The van der Waals surface area contributed by atoms with Crippen LogP contribution in [-0.4, -0.2) is 9.97 Å². The number of para-hydroxylation sites is 4. The van der Waals surface area contributed by atoms with Crippen molar-refractivity contribution in [2.24, 2.45) is 0 Å². The SMILES string of the molecule is c1ccc2c(c1)Oc1ccccc1N2c1ccc(-c2ccc(-c3nc4ncccc4o3)c3ccccc23)c2ccccc12. The Labute approximate surface area is 247 Å². The first kappa shape index (κ1) is 23.7. The monoisotopic (exact) mass is 553 g/mol. The Morgan fingerprint density at radius 3 is 1.72 bits per heavy atom. The summed E-state index contributed by atoms with van der Waals surface area (Å²) in [6.45, 7) is 0. The number of fused-ring (bicyclic) bond motifs is 5. The van der Waals surface area contributed by atoms with Crippen LogP contribution < -0.4 is 9.64 Å². The Balaban J connectivity index is 1.26. The minimum absolute atomic E-state index is 0.571. The summed E-state index contributed by atoms with van der Waals surface area (Å²) in [5.74, 6) is 2.25. The first-order chi connectivity index (χ1) is 21.3. The van der Waals surface area contributed by atoms with Gasteiger partial charge in [-0.1, -0.05) is 84.9 Å². The molecule has 0 saturated carbocycles. The number of hydrogen-bond acceptors (Lipinski definition) is 5. The molecule has 6 aromatic carbocycles. The van der Waals surface area contributed by atoms with Crippen LogP contribution in [0.15, 0.2) is 144 Å². The lowest BCUT2D eigenvalue weighted by atomic mass is 9.91. The van der Waals surface area contributed by atoms with Crippen molar-refractivity contribution in [3.63, 3.8) is 0 Å². The van der Waals surface area contributed by atoms with E-state index < -0.39 is 0 Å². The third-order valence-corrected chi connectivity index (χ3v) is 8.18. The van der Waals surface area contributed by atoms with Crippen molar-refractivity contribution in [2.45, 2.75) is 0 Å². The number of anilines is 3. The summed E-state index contributed by atoms with van der Waals surface area (Å²) < 4.78 is 12.4. The third kappa shape index (κ3) is 3.65. The Morgan fingerprint density at radius 2 is 1.02 bits per heavy atom. The van der Waals surface area contributed by atoms with Crippen LogP contribution in [0.4, 0.5) is 17.1 Å². The topological polar surface area (TPSA) is 51.4 Å². The van der Waals surface area contributed by atoms with Crippen LogP contribution in [0.1, 0.15) is 0 Å². The molecular formula is C38H23N3O2. The van der Waals surface area contributed by atoms with Gasteiger partial charge in [0.15, 0.2) is 22.7 Å². The molecule has 0 bridgehead atoms. The summed E-state index contributed by atoms with van der Waals surface area (Å²) in [5.41, 5.74) is 7.68. The van der Waals surface area contributed by atoms with Gasteiger partial charge in [0.1, 0.15) is 0 Å². The highest BCUT2D eigenvalue weighted by molar-refractivity contribution is 6.12. The van der Waals surface area contributed by atoms with Crippen LogP contribution in [0.5, 0.6) is 11.5 Å². The number of rotatable bonds is 3. The summed E-state index contributed by atoms with van der Waals surface area (Å²) >= 11 is 0. The van der Waals surface area contributed by atoms with Crippen LogP contribution in [0.2, 0.25) is 0 Å². The van der Waals surface area contributed by atoms with Gasteiger partial charge in [-0.05, 0) is 75.8 Å². The summed E-state index contributed by atoms with van der Waals surface area (Å²) in [5, 5.41) is 4.54. The zero-order valence-corrected chi connectivity index (χ0v) is 22.9. The lowest BCUT2D eigenvalue weighted by molar-refractivity contribution is 0.477. The molecule has 43 heavy (non-hydrogen) atoms. The van der Waals surface area contributed by atoms with Gasteiger partial charge in [-0.15, -0.1) is 0 Å². The molecule has 0 spiro atoms. The average molecular weight is 554 g/mol. The van der Waals surface area contributed by atoms with E-state index in [4.69, 9.17) is 14.1 Å².